The molecule has 2 heterocycles. The molecule has 160 valence electrons. The Morgan fingerprint density at radius 3 is 2.25 bits per heavy atom. The van der Waals surface area contributed by atoms with Gasteiger partial charge in [0.1, 0.15) is 17.1 Å². The van der Waals surface area contributed by atoms with E-state index in [2.05, 4.69) is 0 Å². The number of methoxy groups -OCH3 is 1. The first-order valence-electron chi connectivity index (χ1n) is 10.2. The van der Waals surface area contributed by atoms with Gasteiger partial charge in [0, 0.05) is 5.69 Å². The highest BCUT2D eigenvalue weighted by Gasteiger charge is 2.43. The zero-order chi connectivity index (χ0) is 22.6. The molecule has 0 spiro atoms. The number of anilines is 1. The van der Waals surface area contributed by atoms with Crippen LogP contribution < -0.4 is 15.1 Å². The van der Waals surface area contributed by atoms with Crippen LogP contribution in [-0.2, 0) is 0 Å². The fraction of sp³-hybridized carbons (Fsp3) is 0.154. The molecule has 0 radical (unpaired) electrons. The summed E-state index contributed by atoms with van der Waals surface area (Å²) in [6, 6.07) is 16.5. The van der Waals surface area contributed by atoms with E-state index in [1.807, 2.05) is 19.9 Å². The van der Waals surface area contributed by atoms with Gasteiger partial charge < -0.3 is 14.3 Å². The van der Waals surface area contributed by atoms with Gasteiger partial charge in [-0.2, -0.15) is 0 Å². The minimum absolute atomic E-state index is 0.0413. The molecule has 0 bridgehead atoms. The van der Waals surface area contributed by atoms with Crippen molar-refractivity contribution in [2.45, 2.75) is 19.9 Å². The predicted octanol–water partition coefficient (Wildman–Crippen LogP) is 4.87. The Morgan fingerprint density at radius 1 is 0.938 bits per heavy atom. The lowest BCUT2D eigenvalue weighted by molar-refractivity contribution is 0.0971. The number of rotatable bonds is 3. The summed E-state index contributed by atoms with van der Waals surface area (Å²) in [5.74, 6) is 0.413. The van der Waals surface area contributed by atoms with Crippen LogP contribution in [0.1, 0.15) is 38.9 Å². The lowest BCUT2D eigenvalue weighted by Gasteiger charge is -2.25. The molecular formula is C26H21NO5. The molecule has 5 rings (SSSR count). The van der Waals surface area contributed by atoms with Gasteiger partial charge in [-0.15, -0.1) is 0 Å². The smallest absolute Gasteiger partial charge is 0.295 e. The van der Waals surface area contributed by atoms with E-state index < -0.39 is 6.04 Å². The van der Waals surface area contributed by atoms with Gasteiger partial charge >= 0.3 is 0 Å². The van der Waals surface area contributed by atoms with E-state index in [1.54, 1.807) is 66.6 Å². The normalized spacial score (nSPS) is 15.3. The summed E-state index contributed by atoms with van der Waals surface area (Å²) in [4.78, 5) is 28.8. The van der Waals surface area contributed by atoms with Crippen LogP contribution in [0, 0.1) is 13.8 Å². The van der Waals surface area contributed by atoms with Crippen molar-refractivity contribution in [2.75, 3.05) is 12.0 Å². The topological polar surface area (TPSA) is 80.0 Å². The van der Waals surface area contributed by atoms with Crippen molar-refractivity contribution in [3.8, 4) is 11.5 Å². The zero-order valence-electron chi connectivity index (χ0n) is 17.9. The van der Waals surface area contributed by atoms with Gasteiger partial charge in [-0.3, -0.25) is 14.5 Å². The van der Waals surface area contributed by atoms with Gasteiger partial charge in [0.25, 0.3) is 5.91 Å². The average molecular weight is 427 g/mol. The van der Waals surface area contributed by atoms with Gasteiger partial charge in [-0.1, -0.05) is 12.1 Å². The van der Waals surface area contributed by atoms with E-state index in [-0.39, 0.29) is 22.8 Å². The van der Waals surface area contributed by atoms with Crippen LogP contribution in [0.5, 0.6) is 11.5 Å². The third-order valence-electron chi connectivity index (χ3n) is 6.05. The minimum Gasteiger partial charge on any atom is -0.508 e. The fourth-order valence-electron chi connectivity index (χ4n) is 4.21. The maximum atomic E-state index is 13.6. The third-order valence-corrected chi connectivity index (χ3v) is 6.05. The molecule has 1 amide bonds. The molecule has 32 heavy (non-hydrogen) atoms. The fourth-order valence-corrected chi connectivity index (χ4v) is 4.21. The number of carbonyl (C=O) groups excluding carboxylic acids is 1. The lowest BCUT2D eigenvalue weighted by atomic mass is 9.97. The summed E-state index contributed by atoms with van der Waals surface area (Å²) in [6.07, 6.45) is 0. The number of amides is 1. The molecule has 6 nitrogen and oxygen atoms in total. The van der Waals surface area contributed by atoms with Gasteiger partial charge in [0.15, 0.2) is 5.43 Å². The van der Waals surface area contributed by atoms with Crippen molar-refractivity contribution < 1.29 is 19.1 Å². The number of hydrogen-bond acceptors (Lipinski definition) is 5. The van der Waals surface area contributed by atoms with E-state index in [1.165, 1.54) is 0 Å². The maximum absolute atomic E-state index is 13.6. The molecule has 4 aromatic rings. The molecule has 6 heteroatoms. The molecule has 0 saturated carbocycles. The summed E-state index contributed by atoms with van der Waals surface area (Å²) in [5.41, 5.74) is 3.72. The van der Waals surface area contributed by atoms with E-state index in [4.69, 9.17) is 9.15 Å². The van der Waals surface area contributed by atoms with Gasteiger partial charge in [-0.05, 0) is 79.1 Å². The van der Waals surface area contributed by atoms with Crippen LogP contribution in [0.3, 0.4) is 0 Å². The number of phenols is 1. The number of fused-ring (bicyclic) bond motifs is 2. The third kappa shape index (κ3) is 2.95. The standard InChI is InChI=1S/C26H21NO5/c1-14-12-20-21(13-15(14)2)32-25-22(24(20)29)23(16-4-8-18(28)9-5-16)27(26(25)30)17-6-10-19(31-3)11-7-17/h4-13,23,28H,1-3H3. The van der Waals surface area contributed by atoms with E-state index >= 15 is 0 Å². The predicted molar refractivity (Wildman–Crippen MR) is 122 cm³/mol. The zero-order valence-corrected chi connectivity index (χ0v) is 17.9. The number of nitrogens with zero attached hydrogens (tertiary/aromatic N) is 1. The summed E-state index contributed by atoms with van der Waals surface area (Å²) in [5, 5.41) is 10.2. The number of carbonyl (C=O) groups is 1. The van der Waals surface area contributed by atoms with E-state index in [0.29, 0.717) is 33.5 Å². The molecule has 0 fully saturated rings. The van der Waals surface area contributed by atoms with Crippen LogP contribution in [-0.4, -0.2) is 18.1 Å². The van der Waals surface area contributed by atoms with Crippen molar-refractivity contribution in [1.29, 1.82) is 0 Å². The van der Waals surface area contributed by atoms with Crippen molar-refractivity contribution in [3.63, 3.8) is 0 Å². The first-order chi connectivity index (χ1) is 15.4. The molecule has 1 aliphatic heterocycles. The second-order valence-electron chi connectivity index (χ2n) is 7.97. The molecule has 0 saturated heterocycles. The van der Waals surface area contributed by atoms with E-state index in [9.17, 15) is 14.7 Å². The van der Waals surface area contributed by atoms with Gasteiger partial charge in [-0.25, -0.2) is 0 Å². The number of hydrogen-bond donors (Lipinski definition) is 1. The number of benzene rings is 3. The number of aryl methyl sites for hydroxylation is 2. The molecule has 3 aromatic carbocycles. The van der Waals surface area contributed by atoms with Crippen molar-refractivity contribution >= 4 is 22.6 Å². The first kappa shape index (κ1) is 19.9. The Hall–Kier alpha value is -4.06. The van der Waals surface area contributed by atoms with Crippen LogP contribution in [0.15, 0.2) is 69.9 Å². The molecule has 1 atom stereocenters. The van der Waals surface area contributed by atoms with Crippen molar-refractivity contribution in [2.24, 2.45) is 0 Å². The van der Waals surface area contributed by atoms with E-state index in [0.717, 1.165) is 11.1 Å². The monoisotopic (exact) mass is 427 g/mol. The number of phenolic OH excluding ortho intramolecular Hbond substituents is 1. The Morgan fingerprint density at radius 2 is 1.59 bits per heavy atom. The number of ether oxygens (including phenoxy) is 1. The molecular weight excluding hydrogens is 406 g/mol. The minimum atomic E-state index is -0.686. The molecule has 0 aliphatic carbocycles. The Bertz CT molecular complexity index is 1420. The van der Waals surface area contributed by atoms with Crippen molar-refractivity contribution in [1.82, 2.24) is 0 Å². The van der Waals surface area contributed by atoms with Crippen LogP contribution in [0.4, 0.5) is 5.69 Å². The summed E-state index contributed by atoms with van der Waals surface area (Å²) >= 11 is 0. The van der Waals surface area contributed by atoms with Crippen LogP contribution in [0.2, 0.25) is 0 Å². The summed E-state index contributed by atoms with van der Waals surface area (Å²) < 4.78 is 11.3. The average Bonchev–Trinajstić information content (AvgIpc) is 3.08. The Kier molecular flexibility index (Phi) is 4.51. The quantitative estimate of drug-likeness (QED) is 0.504. The Labute approximate surface area is 184 Å². The summed E-state index contributed by atoms with van der Waals surface area (Å²) in [6.45, 7) is 3.88. The van der Waals surface area contributed by atoms with Gasteiger partial charge in [0.2, 0.25) is 5.76 Å². The van der Waals surface area contributed by atoms with Crippen molar-refractivity contribution in [3.05, 3.63) is 98.9 Å². The molecule has 1 unspecified atom stereocenters. The first-order valence-corrected chi connectivity index (χ1v) is 10.2. The highest BCUT2D eigenvalue weighted by molar-refractivity contribution is 6.10. The maximum Gasteiger partial charge on any atom is 0.295 e. The highest BCUT2D eigenvalue weighted by Crippen LogP contribution is 2.42. The second-order valence-corrected chi connectivity index (χ2v) is 7.97. The molecule has 1 aliphatic rings. The summed E-state index contributed by atoms with van der Waals surface area (Å²) in [7, 11) is 1.57. The SMILES string of the molecule is COc1ccc(N2C(=O)c3oc4cc(C)c(C)cc4c(=O)c3C2c2ccc(O)cc2)cc1. The second kappa shape index (κ2) is 7.27. The van der Waals surface area contributed by atoms with Crippen LogP contribution >= 0.6 is 0 Å². The highest BCUT2D eigenvalue weighted by atomic mass is 16.5. The lowest BCUT2D eigenvalue weighted by Crippen LogP contribution is -2.29. The largest absolute Gasteiger partial charge is 0.508 e. The van der Waals surface area contributed by atoms with Crippen LogP contribution in [0.25, 0.3) is 11.0 Å². The van der Waals surface area contributed by atoms with Gasteiger partial charge in [0.05, 0.1) is 24.1 Å². The molecule has 1 aromatic heterocycles. The Balaban J connectivity index is 1.79. The molecule has 1 N–H and O–H groups in total. The number of aromatic hydroxyl groups is 1.